The second-order valence-corrected chi connectivity index (χ2v) is 8.90. The molecule has 1 fully saturated rings. The summed E-state index contributed by atoms with van der Waals surface area (Å²) >= 11 is 0. The molecule has 1 saturated heterocycles. The highest BCUT2D eigenvalue weighted by Gasteiger charge is 2.28. The number of carbonyl (C=O) groups excluding carboxylic acids is 2. The number of ether oxygens (including phenoxy) is 2. The Morgan fingerprint density at radius 2 is 1.87 bits per heavy atom. The summed E-state index contributed by atoms with van der Waals surface area (Å²) < 4.78 is 36.9. The molecule has 0 bridgehead atoms. The van der Waals surface area contributed by atoms with Crippen LogP contribution in [-0.4, -0.2) is 62.4 Å². The number of carbonyl (C=O) groups is 2. The van der Waals surface area contributed by atoms with Gasteiger partial charge in [0.1, 0.15) is 10.6 Å². The van der Waals surface area contributed by atoms with E-state index >= 15 is 0 Å². The van der Waals surface area contributed by atoms with Gasteiger partial charge in [-0.25, -0.2) is 13.2 Å². The first-order chi connectivity index (χ1) is 14.4. The number of nitrogens with one attached hydrogen (secondary N) is 1. The predicted octanol–water partition coefficient (Wildman–Crippen LogP) is 2.20. The largest absolute Gasteiger partial charge is 0.453 e. The van der Waals surface area contributed by atoms with Gasteiger partial charge in [0, 0.05) is 24.8 Å². The molecule has 3 rings (SSSR count). The van der Waals surface area contributed by atoms with E-state index in [-0.39, 0.29) is 29.5 Å². The van der Waals surface area contributed by atoms with Crippen molar-refractivity contribution in [2.45, 2.75) is 31.6 Å². The van der Waals surface area contributed by atoms with Crippen LogP contribution in [0.25, 0.3) is 0 Å². The van der Waals surface area contributed by atoms with Crippen LogP contribution in [0.4, 0.5) is 0 Å². The summed E-state index contributed by atoms with van der Waals surface area (Å²) in [5.74, 6) is -1.07. The van der Waals surface area contributed by atoms with Crippen molar-refractivity contribution in [2.24, 2.45) is 0 Å². The molecule has 0 radical (unpaired) electrons. The molecule has 0 aliphatic carbocycles. The van der Waals surface area contributed by atoms with Crippen LogP contribution in [0, 0.1) is 0 Å². The quantitative estimate of drug-likeness (QED) is 0.504. The lowest BCUT2D eigenvalue weighted by Crippen LogP contribution is -2.40. The Kier molecular flexibility index (Phi) is 7.06. The van der Waals surface area contributed by atoms with Gasteiger partial charge >= 0.3 is 5.97 Å². The molecule has 1 aliphatic rings. The minimum absolute atomic E-state index is 0.0207. The molecule has 0 saturated carbocycles. The molecule has 2 heterocycles. The van der Waals surface area contributed by atoms with E-state index in [0.29, 0.717) is 25.2 Å². The van der Waals surface area contributed by atoms with Gasteiger partial charge in [-0.2, -0.15) is 4.31 Å². The van der Waals surface area contributed by atoms with Crippen LogP contribution in [-0.2, 0) is 32.3 Å². The number of hydrogen-bond donors (Lipinski definition) is 1. The lowest BCUT2D eigenvalue weighted by Gasteiger charge is -2.25. The highest BCUT2D eigenvalue weighted by Crippen LogP contribution is 2.19. The molecule has 8 nitrogen and oxygen atoms in total. The lowest BCUT2D eigenvalue weighted by molar-refractivity contribution is 0.0469. The molecule has 30 heavy (non-hydrogen) atoms. The number of aromatic nitrogens is 1. The molecule has 0 amide bonds. The van der Waals surface area contributed by atoms with Crippen molar-refractivity contribution in [3.8, 4) is 0 Å². The number of benzene rings is 1. The molecule has 1 N–H and O–H groups in total. The Balaban J connectivity index is 1.67. The number of esters is 1. The van der Waals surface area contributed by atoms with Gasteiger partial charge in [-0.15, -0.1) is 0 Å². The van der Waals surface area contributed by atoms with Crippen molar-refractivity contribution < 1.29 is 27.5 Å². The normalized spacial score (nSPS) is 15.1. The zero-order valence-corrected chi connectivity index (χ0v) is 18.0. The molecule has 1 aromatic heterocycles. The van der Waals surface area contributed by atoms with Gasteiger partial charge in [-0.1, -0.05) is 26.0 Å². The van der Waals surface area contributed by atoms with Crippen molar-refractivity contribution in [2.75, 3.05) is 32.9 Å². The minimum Gasteiger partial charge on any atom is -0.453 e. The van der Waals surface area contributed by atoms with E-state index in [2.05, 4.69) is 4.98 Å². The summed E-state index contributed by atoms with van der Waals surface area (Å²) in [6.07, 6.45) is 2.74. The van der Waals surface area contributed by atoms with Crippen LogP contribution in [0.5, 0.6) is 0 Å². The second-order valence-electron chi connectivity index (χ2n) is 6.96. The Morgan fingerprint density at radius 1 is 1.13 bits per heavy atom. The molecule has 1 aromatic carbocycles. The number of ketones is 1. The van der Waals surface area contributed by atoms with E-state index in [1.54, 1.807) is 0 Å². The maximum atomic E-state index is 12.6. The average Bonchev–Trinajstić information content (AvgIpc) is 3.28. The van der Waals surface area contributed by atoms with Crippen LogP contribution in [0.2, 0.25) is 0 Å². The number of morpholine rings is 1. The first-order valence-electron chi connectivity index (χ1n) is 9.95. The van der Waals surface area contributed by atoms with E-state index < -0.39 is 22.6 Å². The van der Waals surface area contributed by atoms with Crippen molar-refractivity contribution in [3.05, 3.63) is 52.8 Å². The number of rotatable bonds is 8. The fourth-order valence-electron chi connectivity index (χ4n) is 3.28. The number of hydrogen-bond acceptors (Lipinski definition) is 6. The van der Waals surface area contributed by atoms with Gasteiger partial charge in [-0.05, 0) is 36.1 Å². The third-order valence-corrected chi connectivity index (χ3v) is 6.96. The third-order valence-electron chi connectivity index (χ3n) is 5.08. The van der Waals surface area contributed by atoms with Crippen LogP contribution in [0.1, 0.15) is 45.8 Å². The zero-order chi connectivity index (χ0) is 21.7. The Morgan fingerprint density at radius 3 is 2.53 bits per heavy atom. The third kappa shape index (κ3) is 4.80. The maximum absolute atomic E-state index is 12.6. The van der Waals surface area contributed by atoms with Gasteiger partial charge in [0.15, 0.2) is 6.61 Å². The number of nitrogens with zero attached hydrogens (tertiary/aromatic N) is 1. The van der Waals surface area contributed by atoms with Crippen LogP contribution in [0.15, 0.2) is 35.4 Å². The fraction of sp³-hybridized carbons (Fsp3) is 0.429. The summed E-state index contributed by atoms with van der Waals surface area (Å²) in [7, 11) is -3.72. The molecule has 0 atom stereocenters. The smallest absolute Gasteiger partial charge is 0.355 e. The van der Waals surface area contributed by atoms with Gasteiger partial charge in [0.25, 0.3) is 0 Å². The predicted molar refractivity (Wildman–Crippen MR) is 110 cm³/mol. The number of Topliss-reactive ketones (excluding diaryl/α,β-unsaturated/α-hetero) is 1. The van der Waals surface area contributed by atoms with Crippen LogP contribution in [0.3, 0.4) is 0 Å². The molecule has 1 aliphatic heterocycles. The average molecular weight is 435 g/mol. The maximum Gasteiger partial charge on any atom is 0.355 e. The van der Waals surface area contributed by atoms with E-state index in [9.17, 15) is 18.0 Å². The summed E-state index contributed by atoms with van der Waals surface area (Å²) in [6.45, 7) is 4.74. The molecule has 0 unspecified atom stereocenters. The summed E-state index contributed by atoms with van der Waals surface area (Å²) in [4.78, 5) is 27.5. The van der Waals surface area contributed by atoms with Crippen molar-refractivity contribution >= 4 is 21.8 Å². The number of aryl methyl sites for hydroxylation is 2. The van der Waals surface area contributed by atoms with E-state index in [1.165, 1.54) is 16.6 Å². The summed E-state index contributed by atoms with van der Waals surface area (Å²) in [6, 6.07) is 6.96. The SMILES string of the molecule is CCc1ccc(CC)c(C(=O)COC(=O)c2cc(S(=O)(=O)N3CCOCC3)c[nH]2)c1. The van der Waals surface area contributed by atoms with E-state index in [1.807, 2.05) is 32.0 Å². The summed E-state index contributed by atoms with van der Waals surface area (Å²) in [5, 5.41) is 0. The first kappa shape index (κ1) is 22.2. The fourth-order valence-corrected chi connectivity index (χ4v) is 4.68. The highest BCUT2D eigenvalue weighted by molar-refractivity contribution is 7.89. The second kappa shape index (κ2) is 9.55. The topological polar surface area (TPSA) is 106 Å². The molecule has 0 spiro atoms. The number of sulfonamides is 1. The molecular formula is C21H26N2O6S. The van der Waals surface area contributed by atoms with Gasteiger partial charge in [0.05, 0.1) is 13.2 Å². The minimum atomic E-state index is -3.72. The lowest BCUT2D eigenvalue weighted by atomic mass is 9.98. The van der Waals surface area contributed by atoms with Crippen molar-refractivity contribution in [1.29, 1.82) is 0 Å². The summed E-state index contributed by atoms with van der Waals surface area (Å²) in [5.41, 5.74) is 2.45. The highest BCUT2D eigenvalue weighted by atomic mass is 32.2. The standard InChI is InChI=1S/C21H26N2O6S/c1-3-15-5-6-16(4-2)18(11-15)20(24)14-29-21(25)19-12-17(13-22-19)30(26,27)23-7-9-28-10-8-23/h5-6,11-13,22H,3-4,7-10,14H2,1-2H3. The molecular weight excluding hydrogens is 408 g/mol. The van der Waals surface area contributed by atoms with Gasteiger partial charge in [0.2, 0.25) is 15.8 Å². The Hall–Kier alpha value is -2.49. The molecule has 2 aromatic rings. The van der Waals surface area contributed by atoms with Crippen molar-refractivity contribution in [3.63, 3.8) is 0 Å². The van der Waals surface area contributed by atoms with Crippen molar-refractivity contribution in [1.82, 2.24) is 9.29 Å². The van der Waals surface area contributed by atoms with Gasteiger partial charge in [-0.3, -0.25) is 4.79 Å². The molecule has 9 heteroatoms. The van der Waals surface area contributed by atoms with Crippen LogP contribution < -0.4 is 0 Å². The Labute approximate surface area is 176 Å². The van der Waals surface area contributed by atoms with Crippen LogP contribution >= 0.6 is 0 Å². The first-order valence-corrected chi connectivity index (χ1v) is 11.4. The number of H-pyrrole nitrogens is 1. The number of aromatic amines is 1. The monoisotopic (exact) mass is 434 g/mol. The zero-order valence-electron chi connectivity index (χ0n) is 17.1. The molecule has 162 valence electrons. The van der Waals surface area contributed by atoms with Gasteiger partial charge < -0.3 is 14.5 Å². The van der Waals surface area contributed by atoms with E-state index in [4.69, 9.17) is 9.47 Å². The Bertz CT molecular complexity index is 1020. The van der Waals surface area contributed by atoms with E-state index in [0.717, 1.165) is 17.5 Å².